The van der Waals surface area contributed by atoms with E-state index in [0.29, 0.717) is 11.8 Å². The van der Waals surface area contributed by atoms with Crippen molar-refractivity contribution < 1.29 is 23.2 Å². The molecule has 0 radical (unpaired) electrons. The van der Waals surface area contributed by atoms with E-state index in [2.05, 4.69) is 98.8 Å². The van der Waals surface area contributed by atoms with E-state index in [9.17, 15) is 0 Å². The summed E-state index contributed by atoms with van der Waals surface area (Å²) in [6.45, 7) is 4.78. The van der Waals surface area contributed by atoms with Crippen LogP contribution in [0.25, 0.3) is 22.3 Å². The molecular formula is C28H22Zr. The summed E-state index contributed by atoms with van der Waals surface area (Å²) in [5, 5.41) is 0. The van der Waals surface area contributed by atoms with E-state index in [1.807, 2.05) is 0 Å². The number of hydrogen-bond acceptors (Lipinski definition) is 0. The molecule has 0 aromatic heterocycles. The van der Waals surface area contributed by atoms with Crippen LogP contribution in [-0.4, -0.2) is 0 Å². The first-order valence-corrected chi connectivity index (χ1v) is 12.9. The first-order valence-electron chi connectivity index (χ1n) is 10.5. The Bertz CT molecular complexity index is 1170. The van der Waals surface area contributed by atoms with Gasteiger partial charge in [-0.15, -0.1) is 0 Å². The molecule has 2 aliphatic rings. The van der Waals surface area contributed by atoms with E-state index in [1.54, 1.807) is 17.7 Å². The van der Waals surface area contributed by atoms with Crippen LogP contribution in [0.5, 0.6) is 0 Å². The first-order chi connectivity index (χ1) is 14.2. The summed E-state index contributed by atoms with van der Waals surface area (Å²) in [5.41, 5.74) is 12.0. The minimum atomic E-state index is -0.923. The van der Waals surface area contributed by atoms with Gasteiger partial charge in [0.1, 0.15) is 0 Å². The van der Waals surface area contributed by atoms with E-state index in [-0.39, 0.29) is 0 Å². The Labute approximate surface area is 184 Å². The van der Waals surface area contributed by atoms with Crippen molar-refractivity contribution in [2.45, 2.75) is 25.7 Å². The van der Waals surface area contributed by atoms with Crippen LogP contribution in [0.15, 0.2) is 84.9 Å². The molecular weight excluding hydrogens is 428 g/mol. The van der Waals surface area contributed by atoms with E-state index < -0.39 is 23.2 Å². The summed E-state index contributed by atoms with van der Waals surface area (Å²) in [6.07, 6.45) is 0. The molecule has 2 unspecified atom stereocenters. The molecule has 0 nitrogen and oxygen atoms in total. The third-order valence-electron chi connectivity index (χ3n) is 6.78. The van der Waals surface area contributed by atoms with Gasteiger partial charge in [-0.2, -0.15) is 0 Å². The first kappa shape index (κ1) is 17.6. The molecule has 0 bridgehead atoms. The SMILES string of the molecule is CC1c2ccccc2-c2ccc[c]([Zr][c]3cccc4c3C(C)c3ccccc3-4)c21. The molecule has 4 aromatic carbocycles. The zero-order chi connectivity index (χ0) is 19.5. The van der Waals surface area contributed by atoms with Gasteiger partial charge < -0.3 is 0 Å². The molecule has 0 spiro atoms. The zero-order valence-electron chi connectivity index (χ0n) is 16.7. The van der Waals surface area contributed by atoms with Crippen molar-refractivity contribution in [2.24, 2.45) is 0 Å². The van der Waals surface area contributed by atoms with Crippen molar-refractivity contribution in [1.29, 1.82) is 0 Å². The maximum atomic E-state index is 2.42. The second-order valence-corrected chi connectivity index (χ2v) is 11.5. The van der Waals surface area contributed by atoms with Crippen molar-refractivity contribution in [3.05, 3.63) is 107 Å². The van der Waals surface area contributed by atoms with E-state index in [4.69, 9.17) is 0 Å². The van der Waals surface area contributed by atoms with Crippen LogP contribution in [0, 0.1) is 0 Å². The summed E-state index contributed by atoms with van der Waals surface area (Å²) < 4.78 is 3.29. The third-order valence-corrected chi connectivity index (χ3v) is 10.3. The van der Waals surface area contributed by atoms with Gasteiger partial charge in [0.2, 0.25) is 0 Å². The quantitative estimate of drug-likeness (QED) is 0.353. The molecule has 29 heavy (non-hydrogen) atoms. The Kier molecular flexibility index (Phi) is 4.03. The monoisotopic (exact) mass is 448 g/mol. The van der Waals surface area contributed by atoms with Crippen LogP contribution >= 0.6 is 0 Å². The molecule has 0 aliphatic heterocycles. The van der Waals surface area contributed by atoms with Crippen LogP contribution in [0.4, 0.5) is 0 Å². The van der Waals surface area contributed by atoms with Gasteiger partial charge >= 0.3 is 185 Å². The molecule has 0 heterocycles. The van der Waals surface area contributed by atoms with Gasteiger partial charge in [-0.3, -0.25) is 0 Å². The topological polar surface area (TPSA) is 0 Å². The fraction of sp³-hybridized carbons (Fsp3) is 0.143. The summed E-state index contributed by atoms with van der Waals surface area (Å²) >= 11 is -0.923. The normalized spacial score (nSPS) is 18.0. The van der Waals surface area contributed by atoms with E-state index >= 15 is 0 Å². The molecule has 0 saturated carbocycles. The Morgan fingerprint density at radius 1 is 0.483 bits per heavy atom. The number of hydrogen-bond donors (Lipinski definition) is 0. The molecule has 0 N–H and O–H groups in total. The summed E-state index contributed by atoms with van der Waals surface area (Å²) in [6, 6.07) is 32.0. The standard InChI is InChI=1S/2C14H11.Zr/c2*1-10-11-6-2-4-8-13(11)14-9-5-3-7-12(10)14;/h2*2-6,8-10H,1H3;. The summed E-state index contributed by atoms with van der Waals surface area (Å²) in [7, 11) is 0. The van der Waals surface area contributed by atoms with Crippen molar-refractivity contribution in [2.75, 3.05) is 0 Å². The summed E-state index contributed by atoms with van der Waals surface area (Å²) in [4.78, 5) is 0. The predicted molar refractivity (Wildman–Crippen MR) is 118 cm³/mol. The molecule has 0 fully saturated rings. The molecule has 0 saturated heterocycles. The van der Waals surface area contributed by atoms with Crippen molar-refractivity contribution in [3.8, 4) is 22.3 Å². The Hall–Kier alpha value is -2.24. The van der Waals surface area contributed by atoms with Crippen LogP contribution in [0.3, 0.4) is 0 Å². The fourth-order valence-corrected chi connectivity index (χ4v) is 9.43. The predicted octanol–water partition coefficient (Wildman–Crippen LogP) is 5.98. The molecule has 2 aliphatic carbocycles. The second-order valence-electron chi connectivity index (χ2n) is 8.28. The van der Waals surface area contributed by atoms with Gasteiger partial charge in [0, 0.05) is 0 Å². The average Bonchev–Trinajstić information content (AvgIpc) is 3.23. The minimum absolute atomic E-state index is 0.504. The van der Waals surface area contributed by atoms with E-state index in [1.165, 1.54) is 33.4 Å². The van der Waals surface area contributed by atoms with Crippen LogP contribution < -0.4 is 6.54 Å². The molecule has 6 rings (SSSR count). The van der Waals surface area contributed by atoms with Gasteiger partial charge in [0.15, 0.2) is 0 Å². The zero-order valence-corrected chi connectivity index (χ0v) is 19.2. The van der Waals surface area contributed by atoms with Gasteiger partial charge in [0.25, 0.3) is 0 Å². The molecule has 1 heteroatoms. The van der Waals surface area contributed by atoms with Gasteiger partial charge in [-0.1, -0.05) is 0 Å². The maximum absolute atomic E-state index is 2.42. The molecule has 138 valence electrons. The fourth-order valence-electron chi connectivity index (χ4n) is 5.45. The summed E-state index contributed by atoms with van der Waals surface area (Å²) in [5.74, 6) is 1.01. The van der Waals surface area contributed by atoms with Gasteiger partial charge in [-0.05, 0) is 0 Å². The molecule has 0 amide bonds. The average molecular weight is 450 g/mol. The van der Waals surface area contributed by atoms with Crippen LogP contribution in [-0.2, 0) is 23.2 Å². The van der Waals surface area contributed by atoms with Crippen LogP contribution in [0.1, 0.15) is 47.9 Å². The Morgan fingerprint density at radius 2 is 0.897 bits per heavy atom. The van der Waals surface area contributed by atoms with Crippen LogP contribution in [0.2, 0.25) is 0 Å². The number of rotatable bonds is 2. The second kappa shape index (κ2) is 6.64. The Morgan fingerprint density at radius 3 is 1.38 bits per heavy atom. The Balaban J connectivity index is 1.48. The molecule has 2 atom stereocenters. The molecule has 4 aromatic rings. The van der Waals surface area contributed by atoms with E-state index in [0.717, 1.165) is 0 Å². The number of benzene rings is 4. The van der Waals surface area contributed by atoms with Gasteiger partial charge in [-0.25, -0.2) is 0 Å². The third kappa shape index (κ3) is 2.53. The number of fused-ring (bicyclic) bond motifs is 6. The van der Waals surface area contributed by atoms with Crippen molar-refractivity contribution in [1.82, 2.24) is 0 Å². The van der Waals surface area contributed by atoms with Crippen molar-refractivity contribution in [3.63, 3.8) is 0 Å². The van der Waals surface area contributed by atoms with Gasteiger partial charge in [0.05, 0.1) is 0 Å². The van der Waals surface area contributed by atoms with Crippen molar-refractivity contribution >= 4 is 6.54 Å².